The number of hydrazine groups is 1. The Bertz CT molecular complexity index is 751. The lowest BCUT2D eigenvalue weighted by molar-refractivity contribution is -0.525. The highest BCUT2D eigenvalue weighted by Gasteiger charge is 2.20. The van der Waals surface area contributed by atoms with Gasteiger partial charge in [0, 0.05) is 19.5 Å². The summed E-state index contributed by atoms with van der Waals surface area (Å²) < 4.78 is 0. The first-order valence-corrected chi connectivity index (χ1v) is 10.9. The van der Waals surface area contributed by atoms with Crippen LogP contribution in [0.15, 0.2) is 24.3 Å². The third kappa shape index (κ3) is 12.5. The monoisotopic (exact) mass is 447 g/mol. The minimum absolute atomic E-state index is 0.197. The Morgan fingerprint density at radius 2 is 1.88 bits per heavy atom. The molecule has 0 aromatic heterocycles. The second-order valence-electron chi connectivity index (χ2n) is 8.11. The van der Waals surface area contributed by atoms with Crippen molar-refractivity contribution in [2.45, 2.75) is 65.3 Å². The highest BCUT2D eigenvalue weighted by atomic mass is 16.7. The molecular weight excluding hydrogens is 412 g/mol. The molecule has 1 aromatic rings. The number of aryl methyl sites for hydroxylation is 2. The summed E-state index contributed by atoms with van der Waals surface area (Å²) in [5.74, 6) is -0.524. The van der Waals surface area contributed by atoms with Crippen molar-refractivity contribution in [1.82, 2.24) is 21.4 Å². The van der Waals surface area contributed by atoms with Crippen LogP contribution in [0.5, 0.6) is 0 Å². The molecule has 0 fully saturated rings. The van der Waals surface area contributed by atoms with Gasteiger partial charge in [-0.05, 0) is 50.5 Å². The Morgan fingerprint density at radius 1 is 1.19 bits per heavy atom. The minimum atomic E-state index is -0.826. The second-order valence-corrected chi connectivity index (χ2v) is 8.11. The van der Waals surface area contributed by atoms with Gasteiger partial charge in [-0.1, -0.05) is 49.1 Å². The van der Waals surface area contributed by atoms with E-state index in [4.69, 9.17) is 5.41 Å². The molecule has 0 heterocycles. The maximum absolute atomic E-state index is 12.5. The number of carbonyl (C=O) groups excluding carboxylic acids is 2. The summed E-state index contributed by atoms with van der Waals surface area (Å²) in [5.41, 5.74) is 4.06. The zero-order valence-corrected chi connectivity index (χ0v) is 19.1. The molecule has 5 N–H and O–H groups in total. The Balaban J connectivity index is 2.49. The molecule has 0 unspecified atom stereocenters. The van der Waals surface area contributed by atoms with Gasteiger partial charge in [0.1, 0.15) is 6.04 Å². The van der Waals surface area contributed by atoms with E-state index in [1.54, 1.807) is 12.0 Å². The largest absolute Gasteiger partial charge is 0.352 e. The fourth-order valence-corrected chi connectivity index (χ4v) is 2.89. The van der Waals surface area contributed by atoms with Crippen LogP contribution in [0.4, 0.5) is 0 Å². The number of nitrogens with zero attached hydrogens (tertiary/aromatic N) is 1. The molecule has 0 saturated heterocycles. The van der Waals surface area contributed by atoms with Crippen molar-refractivity contribution in [3.8, 4) is 0 Å². The van der Waals surface area contributed by atoms with E-state index >= 15 is 0 Å². The van der Waals surface area contributed by atoms with Gasteiger partial charge in [-0.25, -0.2) is 10.1 Å². The molecule has 0 bridgehead atoms. The summed E-state index contributed by atoms with van der Waals surface area (Å²) >= 11 is 0. The lowest BCUT2D eigenvalue weighted by Gasteiger charge is -2.19. The zero-order valence-electron chi connectivity index (χ0n) is 19.1. The first-order valence-electron chi connectivity index (χ1n) is 10.9. The van der Waals surface area contributed by atoms with Gasteiger partial charge < -0.3 is 16.0 Å². The van der Waals surface area contributed by atoms with Crippen LogP contribution in [0.3, 0.4) is 0 Å². The molecule has 0 aliphatic rings. The third-order valence-corrected chi connectivity index (χ3v) is 4.65. The molecule has 0 aliphatic heterocycles. The van der Waals surface area contributed by atoms with Crippen LogP contribution in [0.2, 0.25) is 0 Å². The van der Waals surface area contributed by atoms with Crippen molar-refractivity contribution in [1.29, 1.82) is 5.41 Å². The third-order valence-electron chi connectivity index (χ3n) is 4.65. The molecule has 1 rings (SSSR count). The van der Waals surface area contributed by atoms with E-state index in [1.165, 1.54) is 5.56 Å². The van der Waals surface area contributed by atoms with Crippen LogP contribution in [0, 0.1) is 34.9 Å². The maximum atomic E-state index is 12.5. The first-order chi connectivity index (χ1) is 15.2. The molecule has 0 spiro atoms. The molecule has 10 heteroatoms. The summed E-state index contributed by atoms with van der Waals surface area (Å²) in [4.78, 5) is 35.3. The average molecular weight is 448 g/mol. The fraction of sp³-hybridized carbons (Fsp3) is 0.545. The van der Waals surface area contributed by atoms with Gasteiger partial charge in [-0.15, -0.1) is 0 Å². The van der Waals surface area contributed by atoms with E-state index in [1.807, 2.05) is 45.0 Å². The van der Waals surface area contributed by atoms with Gasteiger partial charge >= 0.3 is 0 Å². The molecule has 1 radical (unpaired) electrons. The number of carbonyl (C=O) groups is 2. The van der Waals surface area contributed by atoms with Gasteiger partial charge in [0.2, 0.25) is 11.8 Å². The van der Waals surface area contributed by atoms with Crippen molar-refractivity contribution in [2.75, 3.05) is 6.54 Å². The molecule has 10 nitrogen and oxygen atoms in total. The summed E-state index contributed by atoms with van der Waals surface area (Å²) in [6.45, 7) is 8.05. The Labute approximate surface area is 189 Å². The predicted molar refractivity (Wildman–Crippen MR) is 123 cm³/mol. The van der Waals surface area contributed by atoms with E-state index in [2.05, 4.69) is 16.0 Å². The number of hydrogen-bond acceptors (Lipinski definition) is 5. The SMILES string of the molecule is Cc1ccc(CCCC(=O)N[C@@H](CCCNC(=N)N[N+](=O)[O-])C(=O)N[CH]CC(C)C)cc1. The van der Waals surface area contributed by atoms with Crippen LogP contribution in [-0.4, -0.2) is 35.4 Å². The summed E-state index contributed by atoms with van der Waals surface area (Å²) in [6, 6.07) is 7.46. The smallest absolute Gasteiger partial charge is 0.251 e. The normalized spacial score (nSPS) is 11.5. The Morgan fingerprint density at radius 3 is 2.50 bits per heavy atom. The number of amides is 2. The first kappa shape index (κ1) is 26.9. The molecule has 0 saturated carbocycles. The van der Waals surface area contributed by atoms with Crippen molar-refractivity contribution < 1.29 is 14.6 Å². The van der Waals surface area contributed by atoms with Crippen molar-refractivity contribution in [3.05, 3.63) is 52.1 Å². The summed E-state index contributed by atoms with van der Waals surface area (Å²) in [5, 5.41) is 24.9. The van der Waals surface area contributed by atoms with E-state index in [-0.39, 0.29) is 18.4 Å². The Kier molecular flexibility index (Phi) is 12.4. The van der Waals surface area contributed by atoms with Crippen molar-refractivity contribution in [2.24, 2.45) is 5.92 Å². The Hall–Kier alpha value is -3.17. The highest BCUT2D eigenvalue weighted by Crippen LogP contribution is 2.08. The lowest BCUT2D eigenvalue weighted by Crippen LogP contribution is -2.46. The summed E-state index contributed by atoms with van der Waals surface area (Å²) in [7, 11) is 0. The topological polar surface area (TPSA) is 149 Å². The number of rotatable bonds is 14. The van der Waals surface area contributed by atoms with Gasteiger partial charge in [-0.3, -0.25) is 15.0 Å². The van der Waals surface area contributed by atoms with E-state index < -0.39 is 17.0 Å². The van der Waals surface area contributed by atoms with Crippen LogP contribution in [0.1, 0.15) is 57.1 Å². The van der Waals surface area contributed by atoms with Gasteiger partial charge in [0.25, 0.3) is 5.96 Å². The van der Waals surface area contributed by atoms with Crippen molar-refractivity contribution in [3.63, 3.8) is 0 Å². The number of benzene rings is 1. The maximum Gasteiger partial charge on any atom is 0.251 e. The number of guanidine groups is 1. The molecular formula is C22H35N6O4. The van der Waals surface area contributed by atoms with Gasteiger partial charge in [-0.2, -0.15) is 0 Å². The quantitative estimate of drug-likeness (QED) is 0.0970. The standard InChI is InChI=1S/C22H35N6O4/c1-16(2)13-15-24-21(30)19(7-5-14-25-22(23)27-28(31)32)26-20(29)8-4-6-18-11-9-17(3)10-12-18/h9-12,15-16,19H,4-8,13-14H2,1-3H3,(H,24,30)(H,26,29)(H3,23,25,27)/t19-/m0/s1. The number of nitro groups is 1. The van der Waals surface area contributed by atoms with Crippen LogP contribution in [0.25, 0.3) is 0 Å². The molecule has 0 aliphatic carbocycles. The zero-order chi connectivity index (χ0) is 23.9. The molecule has 1 aromatic carbocycles. The second kappa shape index (κ2) is 14.8. The highest BCUT2D eigenvalue weighted by molar-refractivity contribution is 5.87. The van der Waals surface area contributed by atoms with Crippen LogP contribution >= 0.6 is 0 Å². The minimum Gasteiger partial charge on any atom is -0.352 e. The number of nitrogens with one attached hydrogen (secondary N) is 5. The predicted octanol–water partition coefficient (Wildman–Crippen LogP) is 2.21. The van der Waals surface area contributed by atoms with E-state index in [0.717, 1.165) is 12.0 Å². The molecule has 1 atom stereocenters. The number of hydrogen-bond donors (Lipinski definition) is 5. The van der Waals surface area contributed by atoms with Crippen LogP contribution in [-0.2, 0) is 16.0 Å². The van der Waals surface area contributed by atoms with Crippen LogP contribution < -0.4 is 21.4 Å². The van der Waals surface area contributed by atoms with E-state index in [0.29, 0.717) is 38.0 Å². The van der Waals surface area contributed by atoms with Gasteiger partial charge in [0.05, 0.1) is 0 Å². The average Bonchev–Trinajstić information content (AvgIpc) is 2.70. The molecule has 32 heavy (non-hydrogen) atoms. The molecule has 177 valence electrons. The van der Waals surface area contributed by atoms with Gasteiger partial charge in [0.15, 0.2) is 5.03 Å². The summed E-state index contributed by atoms with van der Waals surface area (Å²) in [6.07, 6.45) is 3.25. The van der Waals surface area contributed by atoms with Crippen molar-refractivity contribution >= 4 is 17.8 Å². The lowest BCUT2D eigenvalue weighted by atomic mass is 10.1. The fourth-order valence-electron chi connectivity index (χ4n) is 2.89. The van der Waals surface area contributed by atoms with E-state index in [9.17, 15) is 19.7 Å². The molecule has 2 amide bonds.